The molecule has 4 heteroatoms. The lowest BCUT2D eigenvalue weighted by Gasteiger charge is -2.27. The fraction of sp³-hybridized carbons (Fsp3) is 0.320. The van der Waals surface area contributed by atoms with Crippen LogP contribution in [0.4, 0.5) is 0 Å². The summed E-state index contributed by atoms with van der Waals surface area (Å²) in [7, 11) is 0. The molecule has 150 valence electrons. The minimum atomic E-state index is -0.522. The third kappa shape index (κ3) is 4.94. The minimum Gasteiger partial charge on any atom is -0.507 e. The van der Waals surface area contributed by atoms with E-state index in [-0.39, 0.29) is 11.0 Å². The summed E-state index contributed by atoms with van der Waals surface area (Å²) < 4.78 is 5.65. The molecular formula is C25H26O3S. The topological polar surface area (TPSA) is 50.4 Å². The molecule has 1 saturated carbocycles. The van der Waals surface area contributed by atoms with Crippen molar-refractivity contribution >= 4 is 11.8 Å². The summed E-state index contributed by atoms with van der Waals surface area (Å²) in [4.78, 5) is 13.2. The van der Waals surface area contributed by atoms with Crippen molar-refractivity contribution in [2.75, 3.05) is 0 Å². The summed E-state index contributed by atoms with van der Waals surface area (Å²) in [6.07, 6.45) is 7.27. The molecule has 1 atom stereocenters. The summed E-state index contributed by atoms with van der Waals surface area (Å²) in [5, 5.41) is 10.9. The molecule has 1 N–H and O–H groups in total. The fourth-order valence-electron chi connectivity index (χ4n) is 4.22. The van der Waals surface area contributed by atoms with Gasteiger partial charge >= 0.3 is 5.63 Å². The van der Waals surface area contributed by atoms with Gasteiger partial charge in [0.1, 0.15) is 11.5 Å². The lowest BCUT2D eigenvalue weighted by molar-refractivity contribution is 0.334. The van der Waals surface area contributed by atoms with E-state index in [1.807, 2.05) is 48.5 Å². The molecule has 0 aliphatic heterocycles. The first-order valence-electron chi connectivity index (χ1n) is 10.3. The SMILES string of the molecule is O=c1cc(O)c(C(CC2CCCCC2)Sc2ccccc2)c(-c2ccccc2)o1. The third-order valence-corrected chi connectivity index (χ3v) is 6.89. The van der Waals surface area contributed by atoms with Crippen LogP contribution in [0.1, 0.15) is 49.3 Å². The quantitative estimate of drug-likeness (QED) is 0.457. The monoisotopic (exact) mass is 406 g/mol. The molecule has 0 radical (unpaired) electrons. The molecule has 1 aromatic heterocycles. The van der Waals surface area contributed by atoms with Crippen LogP contribution in [0, 0.1) is 5.92 Å². The van der Waals surface area contributed by atoms with Gasteiger partial charge in [0, 0.05) is 15.7 Å². The molecule has 29 heavy (non-hydrogen) atoms. The highest BCUT2D eigenvalue weighted by Crippen LogP contribution is 2.48. The van der Waals surface area contributed by atoms with Gasteiger partial charge in [-0.2, -0.15) is 0 Å². The first-order valence-corrected chi connectivity index (χ1v) is 11.2. The van der Waals surface area contributed by atoms with Gasteiger partial charge < -0.3 is 9.52 Å². The second-order valence-electron chi connectivity index (χ2n) is 7.72. The Morgan fingerprint density at radius 1 is 0.966 bits per heavy atom. The Balaban J connectivity index is 1.77. The standard InChI is InChI=1S/C25H26O3S/c26-21-17-23(27)28-25(19-12-6-2-7-13-19)24(21)22(16-18-10-4-1-5-11-18)29-20-14-8-3-9-15-20/h2-3,6-9,12-15,17-18,22,26H,1,4-5,10-11,16H2. The van der Waals surface area contributed by atoms with Gasteiger partial charge in [-0.05, 0) is 24.5 Å². The Kier molecular flexibility index (Phi) is 6.40. The van der Waals surface area contributed by atoms with E-state index in [4.69, 9.17) is 4.42 Å². The van der Waals surface area contributed by atoms with Crippen molar-refractivity contribution in [2.24, 2.45) is 5.92 Å². The number of aromatic hydroxyl groups is 1. The van der Waals surface area contributed by atoms with Gasteiger partial charge in [-0.1, -0.05) is 80.6 Å². The smallest absolute Gasteiger partial charge is 0.339 e. The first kappa shape index (κ1) is 19.8. The zero-order chi connectivity index (χ0) is 20.1. The Hall–Kier alpha value is -2.46. The molecule has 0 saturated heterocycles. The van der Waals surface area contributed by atoms with Crippen molar-refractivity contribution in [1.82, 2.24) is 0 Å². The molecule has 1 unspecified atom stereocenters. The van der Waals surface area contributed by atoms with Crippen LogP contribution in [0.25, 0.3) is 11.3 Å². The second-order valence-corrected chi connectivity index (χ2v) is 8.99. The van der Waals surface area contributed by atoms with Crippen molar-refractivity contribution in [3.05, 3.63) is 82.7 Å². The molecule has 1 fully saturated rings. The molecule has 3 nitrogen and oxygen atoms in total. The number of hydrogen-bond donors (Lipinski definition) is 1. The molecule has 4 rings (SSSR count). The third-order valence-electron chi connectivity index (χ3n) is 5.63. The summed E-state index contributed by atoms with van der Waals surface area (Å²) in [6, 6.07) is 21.1. The van der Waals surface area contributed by atoms with Gasteiger partial charge in [0.15, 0.2) is 0 Å². The Morgan fingerprint density at radius 3 is 2.31 bits per heavy atom. The molecule has 1 heterocycles. The fourth-order valence-corrected chi connectivity index (χ4v) is 5.58. The van der Waals surface area contributed by atoms with Gasteiger partial charge in [0.25, 0.3) is 0 Å². The first-order chi connectivity index (χ1) is 14.2. The van der Waals surface area contributed by atoms with E-state index in [1.165, 1.54) is 38.2 Å². The van der Waals surface area contributed by atoms with Crippen LogP contribution in [0.2, 0.25) is 0 Å². The van der Waals surface area contributed by atoms with Crippen molar-refractivity contribution < 1.29 is 9.52 Å². The molecule has 1 aliphatic rings. The predicted octanol–water partition coefficient (Wildman–Crippen LogP) is 6.82. The molecule has 3 aromatic rings. The van der Waals surface area contributed by atoms with E-state index in [9.17, 15) is 9.90 Å². The lowest BCUT2D eigenvalue weighted by Crippen LogP contribution is -2.12. The van der Waals surface area contributed by atoms with Crippen LogP contribution < -0.4 is 5.63 Å². The van der Waals surface area contributed by atoms with Crippen molar-refractivity contribution in [1.29, 1.82) is 0 Å². The molecule has 0 amide bonds. The molecule has 0 bridgehead atoms. The number of benzene rings is 2. The van der Waals surface area contributed by atoms with Gasteiger partial charge in [0.05, 0.1) is 11.6 Å². The Morgan fingerprint density at radius 2 is 1.62 bits per heavy atom. The zero-order valence-electron chi connectivity index (χ0n) is 16.4. The van der Waals surface area contributed by atoms with Crippen LogP contribution in [-0.2, 0) is 0 Å². The molecule has 1 aliphatic carbocycles. The summed E-state index contributed by atoms with van der Waals surface area (Å²) in [5.41, 5.74) is 1.03. The summed E-state index contributed by atoms with van der Waals surface area (Å²) in [5.74, 6) is 1.14. The van der Waals surface area contributed by atoms with E-state index in [1.54, 1.807) is 11.8 Å². The lowest BCUT2D eigenvalue weighted by atomic mass is 9.84. The van der Waals surface area contributed by atoms with Crippen molar-refractivity contribution in [2.45, 2.75) is 48.7 Å². The average Bonchev–Trinajstić information content (AvgIpc) is 2.75. The maximum atomic E-state index is 12.1. The number of thioether (sulfide) groups is 1. The van der Waals surface area contributed by atoms with E-state index in [0.29, 0.717) is 11.7 Å². The van der Waals surface area contributed by atoms with Gasteiger partial charge in [-0.15, -0.1) is 11.8 Å². The van der Waals surface area contributed by atoms with Crippen molar-refractivity contribution in [3.63, 3.8) is 0 Å². The maximum Gasteiger partial charge on any atom is 0.339 e. The maximum absolute atomic E-state index is 12.1. The summed E-state index contributed by atoms with van der Waals surface area (Å²) in [6.45, 7) is 0. The largest absolute Gasteiger partial charge is 0.507 e. The van der Waals surface area contributed by atoms with Crippen molar-refractivity contribution in [3.8, 4) is 17.1 Å². The van der Waals surface area contributed by atoms with Crippen LogP contribution in [0.15, 0.2) is 80.8 Å². The predicted molar refractivity (Wildman–Crippen MR) is 118 cm³/mol. The zero-order valence-corrected chi connectivity index (χ0v) is 17.2. The summed E-state index contributed by atoms with van der Waals surface area (Å²) >= 11 is 1.74. The number of hydrogen-bond acceptors (Lipinski definition) is 4. The van der Waals surface area contributed by atoms with Crippen LogP contribution in [0.5, 0.6) is 5.75 Å². The minimum absolute atomic E-state index is 0.0139. The molecular weight excluding hydrogens is 380 g/mol. The van der Waals surface area contributed by atoms with Gasteiger partial charge in [0.2, 0.25) is 0 Å². The van der Waals surface area contributed by atoms with E-state index >= 15 is 0 Å². The van der Waals surface area contributed by atoms with E-state index in [2.05, 4.69) is 12.1 Å². The Labute approximate surface area is 175 Å². The average molecular weight is 407 g/mol. The van der Waals surface area contributed by atoms with Gasteiger partial charge in [-0.3, -0.25) is 0 Å². The molecule has 2 aromatic carbocycles. The highest BCUT2D eigenvalue weighted by Gasteiger charge is 2.28. The number of rotatable bonds is 6. The second kappa shape index (κ2) is 9.36. The normalized spacial score (nSPS) is 15.9. The van der Waals surface area contributed by atoms with Crippen LogP contribution in [-0.4, -0.2) is 5.11 Å². The van der Waals surface area contributed by atoms with Crippen LogP contribution >= 0.6 is 11.8 Å². The van der Waals surface area contributed by atoms with Crippen LogP contribution in [0.3, 0.4) is 0 Å². The highest BCUT2D eigenvalue weighted by molar-refractivity contribution is 7.99. The van der Waals surface area contributed by atoms with E-state index in [0.717, 1.165) is 22.4 Å². The highest BCUT2D eigenvalue weighted by atomic mass is 32.2. The molecule has 0 spiro atoms. The van der Waals surface area contributed by atoms with Gasteiger partial charge in [-0.25, -0.2) is 4.79 Å². The Bertz CT molecular complexity index is 976. The van der Waals surface area contributed by atoms with E-state index < -0.39 is 5.63 Å².